The second-order valence-corrected chi connectivity index (χ2v) is 5.21. The van der Waals surface area contributed by atoms with E-state index in [4.69, 9.17) is 14.7 Å². The van der Waals surface area contributed by atoms with Crippen molar-refractivity contribution in [2.24, 2.45) is 0 Å². The first-order valence-electron chi connectivity index (χ1n) is 7.33. The molecule has 1 aliphatic heterocycles. The molecular weight excluding hydrogens is 315 g/mol. The molecule has 2 heterocycles. The summed E-state index contributed by atoms with van der Waals surface area (Å²) in [5.41, 5.74) is 0.465. The number of carbonyl (C=O) groups is 1. The molecule has 1 atom stereocenters. The summed E-state index contributed by atoms with van der Waals surface area (Å²) in [6.07, 6.45) is -0.824. The summed E-state index contributed by atoms with van der Waals surface area (Å²) in [5.74, 6) is -0.611. The number of aromatic amines is 1. The minimum absolute atomic E-state index is 0.0887. The van der Waals surface area contributed by atoms with Crippen LogP contribution in [0.1, 0.15) is 30.6 Å². The topological polar surface area (TPSA) is 92.2 Å². The number of hydrogen-bond donors (Lipinski definition) is 1. The maximum atomic E-state index is 13.6. The van der Waals surface area contributed by atoms with Gasteiger partial charge in [-0.25, -0.2) is 4.39 Å². The molecule has 2 aromatic rings. The fraction of sp³-hybridized carbons (Fsp3) is 0.235. The molecule has 1 unspecified atom stereocenters. The quantitative estimate of drug-likeness (QED) is 0.874. The largest absolute Gasteiger partial charge is 0.484 e. The summed E-state index contributed by atoms with van der Waals surface area (Å²) >= 11 is 0. The number of ether oxygens (including phenoxy) is 2. The molecule has 1 N–H and O–H groups in total. The lowest BCUT2D eigenvalue weighted by molar-refractivity contribution is -0.145. The summed E-state index contributed by atoms with van der Waals surface area (Å²) in [7, 11) is 0. The van der Waals surface area contributed by atoms with Crippen LogP contribution in [0.25, 0.3) is 11.3 Å². The van der Waals surface area contributed by atoms with E-state index >= 15 is 0 Å². The lowest BCUT2D eigenvalue weighted by Crippen LogP contribution is -2.23. The number of fused-ring (bicyclic) bond motifs is 3. The van der Waals surface area contributed by atoms with E-state index in [9.17, 15) is 14.0 Å². The van der Waals surface area contributed by atoms with Crippen molar-refractivity contribution < 1.29 is 18.7 Å². The molecule has 3 rings (SSSR count). The van der Waals surface area contributed by atoms with Crippen LogP contribution in [-0.2, 0) is 9.53 Å². The molecule has 1 aliphatic rings. The third-order valence-corrected chi connectivity index (χ3v) is 3.68. The Hall–Kier alpha value is -3.14. The van der Waals surface area contributed by atoms with E-state index in [0.29, 0.717) is 22.6 Å². The number of carbonyl (C=O) groups excluding carboxylic acids is 1. The van der Waals surface area contributed by atoms with Gasteiger partial charge in [-0.3, -0.25) is 9.59 Å². The fourth-order valence-corrected chi connectivity index (χ4v) is 2.65. The zero-order chi connectivity index (χ0) is 17.3. The second-order valence-electron chi connectivity index (χ2n) is 5.21. The smallest absolute Gasteiger partial charge is 0.309 e. The highest BCUT2D eigenvalue weighted by Gasteiger charge is 2.30. The number of nitriles is 1. The molecule has 1 aromatic carbocycles. The first-order valence-corrected chi connectivity index (χ1v) is 7.33. The van der Waals surface area contributed by atoms with Crippen LogP contribution in [0.15, 0.2) is 29.1 Å². The number of nitrogens with one attached hydrogen (secondary N) is 1. The Kier molecular flexibility index (Phi) is 4.04. The van der Waals surface area contributed by atoms with Gasteiger partial charge in [-0.1, -0.05) is 0 Å². The van der Waals surface area contributed by atoms with E-state index in [1.165, 1.54) is 24.3 Å². The van der Waals surface area contributed by atoms with Crippen LogP contribution in [0, 0.1) is 17.1 Å². The zero-order valence-corrected chi connectivity index (χ0v) is 12.8. The predicted octanol–water partition coefficient (Wildman–Crippen LogP) is 2.44. The monoisotopic (exact) mass is 328 g/mol. The summed E-state index contributed by atoms with van der Waals surface area (Å²) < 4.78 is 24.3. The maximum absolute atomic E-state index is 13.6. The van der Waals surface area contributed by atoms with Gasteiger partial charge in [-0.15, -0.1) is 0 Å². The highest BCUT2D eigenvalue weighted by Crippen LogP contribution is 2.42. The van der Waals surface area contributed by atoms with Crippen LogP contribution in [0.5, 0.6) is 5.75 Å². The Bertz CT molecular complexity index is 914. The van der Waals surface area contributed by atoms with Gasteiger partial charge in [0.15, 0.2) is 0 Å². The Morgan fingerprint density at radius 1 is 1.46 bits per heavy atom. The first-order chi connectivity index (χ1) is 11.5. The van der Waals surface area contributed by atoms with E-state index in [-0.39, 0.29) is 18.6 Å². The van der Waals surface area contributed by atoms with Gasteiger partial charge < -0.3 is 14.5 Å². The lowest BCUT2D eigenvalue weighted by atomic mass is 9.94. The van der Waals surface area contributed by atoms with Crippen LogP contribution in [0.3, 0.4) is 0 Å². The maximum Gasteiger partial charge on any atom is 0.309 e. The molecule has 122 valence electrons. The van der Waals surface area contributed by atoms with Crippen molar-refractivity contribution in [3.8, 4) is 23.1 Å². The molecular formula is C17H13FN2O4. The standard InChI is InChI=1S/C17H13FN2O4/c1-2-23-15(21)7-14-11-5-9(8-19)17(22)20-16(11)12-6-10(18)3-4-13(12)24-14/h3-6,14H,2,7H2,1H3,(H,20,22). The molecule has 0 fully saturated rings. The van der Waals surface area contributed by atoms with Crippen molar-refractivity contribution >= 4 is 5.97 Å². The Labute approximate surface area is 136 Å². The molecule has 7 heteroatoms. The van der Waals surface area contributed by atoms with Gasteiger partial charge in [0.2, 0.25) is 0 Å². The highest BCUT2D eigenvalue weighted by atomic mass is 19.1. The molecule has 6 nitrogen and oxygen atoms in total. The third kappa shape index (κ3) is 2.74. The van der Waals surface area contributed by atoms with Crippen LogP contribution < -0.4 is 10.3 Å². The van der Waals surface area contributed by atoms with Crippen molar-refractivity contribution in [2.75, 3.05) is 6.61 Å². The Morgan fingerprint density at radius 3 is 2.96 bits per heavy atom. The van der Waals surface area contributed by atoms with E-state index in [0.717, 1.165) is 0 Å². The summed E-state index contributed by atoms with van der Waals surface area (Å²) in [6, 6.07) is 7.05. The third-order valence-electron chi connectivity index (χ3n) is 3.68. The number of aromatic nitrogens is 1. The lowest BCUT2D eigenvalue weighted by Gasteiger charge is -2.28. The zero-order valence-electron chi connectivity index (χ0n) is 12.8. The minimum atomic E-state index is -0.735. The number of rotatable bonds is 3. The summed E-state index contributed by atoms with van der Waals surface area (Å²) in [4.78, 5) is 26.3. The molecule has 24 heavy (non-hydrogen) atoms. The van der Waals surface area contributed by atoms with Crippen LogP contribution >= 0.6 is 0 Å². The van der Waals surface area contributed by atoms with Gasteiger partial charge >= 0.3 is 5.97 Å². The predicted molar refractivity (Wildman–Crippen MR) is 81.8 cm³/mol. The van der Waals surface area contributed by atoms with Gasteiger partial charge in [0.1, 0.15) is 29.3 Å². The minimum Gasteiger partial charge on any atom is -0.484 e. The number of hydrogen-bond acceptors (Lipinski definition) is 5. The number of nitrogens with zero attached hydrogens (tertiary/aromatic N) is 1. The van der Waals surface area contributed by atoms with Crippen LogP contribution in [0.2, 0.25) is 0 Å². The van der Waals surface area contributed by atoms with Crippen LogP contribution in [0.4, 0.5) is 4.39 Å². The van der Waals surface area contributed by atoms with Crippen molar-refractivity contribution in [1.82, 2.24) is 4.98 Å². The average molecular weight is 328 g/mol. The van der Waals surface area contributed by atoms with Crippen LogP contribution in [-0.4, -0.2) is 17.6 Å². The number of halogens is 1. The van der Waals surface area contributed by atoms with Crippen molar-refractivity contribution in [2.45, 2.75) is 19.4 Å². The Morgan fingerprint density at radius 2 is 2.25 bits per heavy atom. The second kappa shape index (κ2) is 6.16. The molecule has 0 saturated carbocycles. The molecule has 0 saturated heterocycles. The normalized spacial score (nSPS) is 14.8. The molecule has 0 radical (unpaired) electrons. The van der Waals surface area contributed by atoms with Gasteiger partial charge in [0.05, 0.1) is 18.7 Å². The number of benzene rings is 1. The van der Waals surface area contributed by atoms with Crippen molar-refractivity contribution in [3.05, 3.63) is 51.6 Å². The molecule has 1 aromatic heterocycles. The van der Waals surface area contributed by atoms with Gasteiger partial charge in [0.25, 0.3) is 5.56 Å². The summed E-state index contributed by atoms with van der Waals surface area (Å²) in [5, 5.41) is 9.05. The number of H-pyrrole nitrogens is 1. The number of pyridine rings is 1. The fourth-order valence-electron chi connectivity index (χ4n) is 2.65. The van der Waals surface area contributed by atoms with E-state index in [1.807, 2.05) is 0 Å². The van der Waals surface area contributed by atoms with Gasteiger partial charge in [-0.2, -0.15) is 5.26 Å². The van der Waals surface area contributed by atoms with E-state index in [2.05, 4.69) is 4.98 Å². The molecule has 0 amide bonds. The molecule has 0 aliphatic carbocycles. The van der Waals surface area contributed by atoms with Crippen molar-refractivity contribution in [1.29, 1.82) is 5.26 Å². The number of esters is 1. The first kappa shape index (κ1) is 15.7. The van der Waals surface area contributed by atoms with E-state index in [1.54, 1.807) is 13.0 Å². The molecule has 0 spiro atoms. The average Bonchev–Trinajstić information content (AvgIpc) is 2.55. The molecule has 0 bridgehead atoms. The van der Waals surface area contributed by atoms with E-state index < -0.39 is 23.4 Å². The SMILES string of the molecule is CCOC(=O)CC1Oc2ccc(F)cc2-c2[nH]c(=O)c(C#N)cc21. The van der Waals surface area contributed by atoms with Gasteiger partial charge in [-0.05, 0) is 31.2 Å². The van der Waals surface area contributed by atoms with Gasteiger partial charge in [0, 0.05) is 11.1 Å². The Balaban J connectivity index is 2.14. The highest BCUT2D eigenvalue weighted by molar-refractivity contribution is 5.76. The summed E-state index contributed by atoms with van der Waals surface area (Å²) in [6.45, 7) is 1.92. The van der Waals surface area contributed by atoms with Crippen molar-refractivity contribution in [3.63, 3.8) is 0 Å².